The van der Waals surface area contributed by atoms with Gasteiger partial charge in [-0.2, -0.15) is 0 Å². The highest BCUT2D eigenvalue weighted by molar-refractivity contribution is 8.13. The van der Waals surface area contributed by atoms with Crippen molar-refractivity contribution in [3.63, 3.8) is 0 Å². The lowest BCUT2D eigenvalue weighted by molar-refractivity contribution is 0.290. The third-order valence-corrected chi connectivity index (χ3v) is 4.38. The molecular weight excluding hydrogens is 258 g/mol. The lowest BCUT2D eigenvalue weighted by atomic mass is 9.85. The highest BCUT2D eigenvalue weighted by Crippen LogP contribution is 2.27. The average molecular weight is 281 g/mol. The summed E-state index contributed by atoms with van der Waals surface area (Å²) in [6.45, 7) is 11.2. The number of aromatic nitrogens is 1. The second-order valence-electron chi connectivity index (χ2n) is 6.07. The topological polar surface area (TPSA) is 50.4 Å². The van der Waals surface area contributed by atoms with E-state index in [1.165, 1.54) is 6.42 Å². The quantitative estimate of drug-likeness (QED) is 0.903. The van der Waals surface area contributed by atoms with Crippen LogP contribution in [0.2, 0.25) is 0 Å². The van der Waals surface area contributed by atoms with E-state index in [0.29, 0.717) is 18.5 Å². The van der Waals surface area contributed by atoms with Crippen molar-refractivity contribution in [2.75, 3.05) is 5.75 Å². The van der Waals surface area contributed by atoms with Gasteiger partial charge < -0.3 is 9.73 Å². The number of amidine groups is 1. The number of rotatable bonds is 2. The fraction of sp³-hybridized carbons (Fsp3) is 0.714. The van der Waals surface area contributed by atoms with Crippen LogP contribution in [0.3, 0.4) is 0 Å². The van der Waals surface area contributed by atoms with Gasteiger partial charge in [0.2, 0.25) is 5.89 Å². The van der Waals surface area contributed by atoms with Crippen molar-refractivity contribution in [2.45, 2.75) is 53.6 Å². The van der Waals surface area contributed by atoms with Gasteiger partial charge in [0.1, 0.15) is 12.3 Å². The molecule has 1 saturated heterocycles. The van der Waals surface area contributed by atoms with Crippen LogP contribution < -0.4 is 5.32 Å². The number of aryl methyl sites for hydroxylation is 2. The summed E-state index contributed by atoms with van der Waals surface area (Å²) in [6, 6.07) is 0.487. The van der Waals surface area contributed by atoms with Gasteiger partial charge in [0.25, 0.3) is 0 Å². The first kappa shape index (κ1) is 14.4. The largest absolute Gasteiger partial charge is 0.444 e. The van der Waals surface area contributed by atoms with E-state index in [-0.39, 0.29) is 5.41 Å². The predicted octanol–water partition coefficient (Wildman–Crippen LogP) is 3.29. The highest BCUT2D eigenvalue weighted by atomic mass is 32.2. The molecule has 5 heteroatoms. The predicted molar refractivity (Wildman–Crippen MR) is 80.6 cm³/mol. The minimum absolute atomic E-state index is 0.262. The van der Waals surface area contributed by atoms with Crippen LogP contribution in [0.15, 0.2) is 9.41 Å². The zero-order chi connectivity index (χ0) is 14.0. The number of thioether (sulfide) groups is 1. The van der Waals surface area contributed by atoms with Crippen molar-refractivity contribution in [1.29, 1.82) is 0 Å². The molecule has 0 aliphatic carbocycles. The molecule has 0 bridgehead atoms. The molecule has 1 atom stereocenters. The normalized spacial score (nSPS) is 22.6. The van der Waals surface area contributed by atoms with Gasteiger partial charge in [-0.15, -0.1) is 0 Å². The lowest BCUT2D eigenvalue weighted by Crippen LogP contribution is -2.46. The summed E-state index contributed by atoms with van der Waals surface area (Å²) in [7, 11) is 0. The molecular formula is C14H23N3OS. The van der Waals surface area contributed by atoms with Crippen LogP contribution >= 0.6 is 11.8 Å². The molecule has 0 amide bonds. The van der Waals surface area contributed by atoms with Crippen molar-refractivity contribution in [3.8, 4) is 0 Å². The lowest BCUT2D eigenvalue weighted by Gasteiger charge is -2.35. The molecule has 1 aromatic heterocycles. The summed E-state index contributed by atoms with van der Waals surface area (Å²) < 4.78 is 5.54. The Morgan fingerprint density at radius 2 is 2.16 bits per heavy atom. The van der Waals surface area contributed by atoms with E-state index in [1.807, 2.05) is 13.8 Å². The van der Waals surface area contributed by atoms with E-state index in [0.717, 1.165) is 22.4 Å². The zero-order valence-corrected chi connectivity index (χ0v) is 13.2. The van der Waals surface area contributed by atoms with Crippen molar-refractivity contribution in [1.82, 2.24) is 10.3 Å². The van der Waals surface area contributed by atoms with E-state index in [1.54, 1.807) is 11.8 Å². The molecule has 2 heterocycles. The number of nitrogens with one attached hydrogen (secondary N) is 1. The SMILES string of the molecule is Cc1nc(CN=C2NC(C(C)(C)C)CCS2)oc1C. The molecule has 1 aliphatic rings. The van der Waals surface area contributed by atoms with E-state index in [4.69, 9.17) is 4.42 Å². The van der Waals surface area contributed by atoms with Crippen LogP contribution in [-0.2, 0) is 6.54 Å². The van der Waals surface area contributed by atoms with Crippen molar-refractivity contribution < 1.29 is 4.42 Å². The highest BCUT2D eigenvalue weighted by Gasteiger charge is 2.28. The summed E-state index contributed by atoms with van der Waals surface area (Å²) in [6.07, 6.45) is 1.18. The van der Waals surface area contributed by atoms with Crippen molar-refractivity contribution in [3.05, 3.63) is 17.3 Å². The second kappa shape index (κ2) is 5.57. The fourth-order valence-electron chi connectivity index (χ4n) is 2.02. The monoisotopic (exact) mass is 281 g/mol. The molecule has 0 saturated carbocycles. The van der Waals surface area contributed by atoms with Crippen molar-refractivity contribution >= 4 is 16.9 Å². The average Bonchev–Trinajstić information content (AvgIpc) is 2.66. The molecule has 1 N–H and O–H groups in total. The van der Waals surface area contributed by atoms with Crippen LogP contribution in [0.5, 0.6) is 0 Å². The summed E-state index contributed by atoms with van der Waals surface area (Å²) in [5.74, 6) is 2.70. The maximum Gasteiger partial charge on any atom is 0.216 e. The summed E-state index contributed by atoms with van der Waals surface area (Å²) in [5.41, 5.74) is 1.21. The Hall–Kier alpha value is -0.970. The summed E-state index contributed by atoms with van der Waals surface area (Å²) in [4.78, 5) is 8.94. The van der Waals surface area contributed by atoms with Gasteiger partial charge in [0.15, 0.2) is 5.17 Å². The van der Waals surface area contributed by atoms with Gasteiger partial charge in [-0.3, -0.25) is 4.99 Å². The molecule has 0 spiro atoms. The van der Waals surface area contributed by atoms with E-state index in [9.17, 15) is 0 Å². The molecule has 19 heavy (non-hydrogen) atoms. The minimum atomic E-state index is 0.262. The molecule has 4 nitrogen and oxygen atoms in total. The van der Waals surface area contributed by atoms with Gasteiger partial charge in [0.05, 0.1) is 5.69 Å². The Morgan fingerprint density at radius 3 is 2.74 bits per heavy atom. The third-order valence-electron chi connectivity index (χ3n) is 3.42. The van der Waals surface area contributed by atoms with Gasteiger partial charge in [-0.05, 0) is 25.7 Å². The Morgan fingerprint density at radius 1 is 1.42 bits per heavy atom. The van der Waals surface area contributed by atoms with E-state index < -0.39 is 0 Å². The van der Waals surface area contributed by atoms with Crippen molar-refractivity contribution in [2.24, 2.45) is 10.4 Å². The maximum absolute atomic E-state index is 5.54. The Bertz CT molecular complexity index is 454. The van der Waals surface area contributed by atoms with Crippen LogP contribution in [-0.4, -0.2) is 21.9 Å². The Labute approximate surface area is 119 Å². The first-order chi connectivity index (χ1) is 8.86. The first-order valence-corrected chi connectivity index (χ1v) is 7.71. The van der Waals surface area contributed by atoms with E-state index in [2.05, 4.69) is 36.1 Å². The number of hydrogen-bond acceptors (Lipinski definition) is 4. The number of hydrogen-bond donors (Lipinski definition) is 1. The number of oxazole rings is 1. The standard InChI is InChI=1S/C14H23N3OS/c1-9-10(2)18-12(16-9)8-15-13-17-11(6-7-19-13)14(3,4)5/h11H,6-8H2,1-5H3,(H,15,17). The van der Waals surface area contributed by atoms with E-state index >= 15 is 0 Å². The molecule has 106 valence electrons. The van der Waals surface area contributed by atoms with Gasteiger partial charge in [-0.1, -0.05) is 32.5 Å². The van der Waals surface area contributed by atoms with Gasteiger partial charge in [0, 0.05) is 11.8 Å². The third kappa shape index (κ3) is 3.75. The molecule has 1 aromatic rings. The fourth-order valence-corrected chi connectivity index (χ4v) is 2.95. The van der Waals surface area contributed by atoms with Crippen LogP contribution in [0, 0.1) is 19.3 Å². The van der Waals surface area contributed by atoms with Crippen LogP contribution in [0.4, 0.5) is 0 Å². The Balaban J connectivity index is 1.99. The zero-order valence-electron chi connectivity index (χ0n) is 12.4. The first-order valence-electron chi connectivity index (χ1n) is 6.73. The van der Waals surface area contributed by atoms with Gasteiger partial charge >= 0.3 is 0 Å². The smallest absolute Gasteiger partial charge is 0.216 e. The number of nitrogens with zero attached hydrogens (tertiary/aromatic N) is 2. The molecule has 1 unspecified atom stereocenters. The molecule has 0 aromatic carbocycles. The number of aliphatic imine (C=N–C) groups is 1. The molecule has 0 radical (unpaired) electrons. The second-order valence-corrected chi connectivity index (χ2v) is 7.15. The van der Waals surface area contributed by atoms with Crippen LogP contribution in [0.1, 0.15) is 44.5 Å². The maximum atomic E-state index is 5.54. The molecule has 1 fully saturated rings. The van der Waals surface area contributed by atoms with Gasteiger partial charge in [-0.25, -0.2) is 4.98 Å². The molecule has 2 rings (SSSR count). The Kier molecular flexibility index (Phi) is 4.23. The van der Waals surface area contributed by atoms with Crippen LogP contribution in [0.25, 0.3) is 0 Å². The minimum Gasteiger partial charge on any atom is -0.444 e. The summed E-state index contributed by atoms with van der Waals surface area (Å²) >= 11 is 1.78. The summed E-state index contributed by atoms with van der Waals surface area (Å²) in [5, 5.41) is 4.54. The molecule has 1 aliphatic heterocycles.